The fourth-order valence-corrected chi connectivity index (χ4v) is 5.19. The number of benzene rings is 2. The van der Waals surface area contributed by atoms with E-state index in [0.29, 0.717) is 17.5 Å². The molecule has 0 spiro atoms. The molecule has 12 heteroatoms. The summed E-state index contributed by atoms with van der Waals surface area (Å²) in [6.07, 6.45) is 1.16. The number of nitrogens with zero attached hydrogens (tertiary/aromatic N) is 3. The number of carbonyl (C=O) groups excluding carboxylic acids is 1. The van der Waals surface area contributed by atoms with Crippen LogP contribution in [0.2, 0.25) is 0 Å². The van der Waals surface area contributed by atoms with Gasteiger partial charge in [0.05, 0.1) is 6.61 Å². The van der Waals surface area contributed by atoms with Gasteiger partial charge < -0.3 is 23.2 Å². The van der Waals surface area contributed by atoms with E-state index in [1.54, 1.807) is 7.05 Å². The third-order valence-corrected chi connectivity index (χ3v) is 7.10. The second-order valence-electron chi connectivity index (χ2n) is 9.46. The van der Waals surface area contributed by atoms with Crippen molar-refractivity contribution in [1.29, 1.82) is 0 Å². The highest BCUT2D eigenvalue weighted by molar-refractivity contribution is 5.96. The Morgan fingerprint density at radius 2 is 1.77 bits per heavy atom. The van der Waals surface area contributed by atoms with Crippen molar-refractivity contribution in [3.8, 4) is 11.5 Å². The van der Waals surface area contributed by atoms with Crippen molar-refractivity contribution >= 4 is 5.91 Å². The van der Waals surface area contributed by atoms with Crippen LogP contribution in [0.3, 0.4) is 0 Å². The number of aromatic nitrogens is 1. The van der Waals surface area contributed by atoms with Crippen molar-refractivity contribution in [2.45, 2.75) is 32.2 Å². The number of hydrogen-bond acceptors (Lipinski definition) is 8. The van der Waals surface area contributed by atoms with Gasteiger partial charge in [-0.05, 0) is 18.6 Å². The molecule has 2 aliphatic rings. The number of hydrogen-bond donors (Lipinski definition) is 0. The molecule has 10 nitrogen and oxygen atoms in total. The van der Waals surface area contributed by atoms with Gasteiger partial charge in [-0.3, -0.25) is 19.3 Å². The lowest BCUT2D eigenvalue weighted by Crippen LogP contribution is -2.62. The molecule has 0 saturated heterocycles. The van der Waals surface area contributed by atoms with Gasteiger partial charge in [-0.25, -0.2) is 13.6 Å². The minimum atomic E-state index is -1.05. The number of aryl methyl sites for hydroxylation is 1. The van der Waals surface area contributed by atoms with Crippen LogP contribution in [0.5, 0.6) is 11.5 Å². The van der Waals surface area contributed by atoms with E-state index in [0.717, 1.165) is 12.1 Å². The number of pyridine rings is 1. The zero-order valence-electron chi connectivity index (χ0n) is 21.4. The molecule has 40 heavy (non-hydrogen) atoms. The molecule has 0 N–H and O–H groups in total. The monoisotopic (exact) mass is 551 g/mol. The van der Waals surface area contributed by atoms with Crippen molar-refractivity contribution < 1.29 is 31.9 Å². The van der Waals surface area contributed by atoms with Gasteiger partial charge in [0.1, 0.15) is 24.6 Å². The van der Waals surface area contributed by atoms with Gasteiger partial charge in [-0.2, -0.15) is 0 Å². The van der Waals surface area contributed by atoms with Crippen LogP contribution in [0.4, 0.5) is 8.78 Å². The summed E-state index contributed by atoms with van der Waals surface area (Å²) < 4.78 is 52.0. The maximum Gasteiger partial charge on any atom is 0.519 e. The smallest absolute Gasteiger partial charge is 0.493 e. The number of amides is 1. The standard InChI is InChI=1S/C28H23F2N3O7/c1-15-22(40-28(36)39-15)14-38-26-20(34)8-10-32-25(26)27(35)31(2)23-9-11-37-21-13-19(30)18(29)12-17(21)24(33(23)32)16-6-4-3-5-7-16/h3-8,10,12-13,23-24H,9,11,14H2,1-2H3/t23-,24+/m0/s1. The summed E-state index contributed by atoms with van der Waals surface area (Å²) in [6.45, 7) is 1.27. The third-order valence-electron chi connectivity index (χ3n) is 7.10. The molecule has 2 aromatic carbocycles. The van der Waals surface area contributed by atoms with Gasteiger partial charge in [0, 0.05) is 37.4 Å². The van der Waals surface area contributed by atoms with Gasteiger partial charge in [-0.1, -0.05) is 30.3 Å². The fraction of sp³-hybridized carbons (Fsp3) is 0.250. The Labute approximate surface area is 225 Å². The Hall–Kier alpha value is -4.87. The molecule has 0 saturated carbocycles. The van der Waals surface area contributed by atoms with Crippen molar-refractivity contribution in [3.63, 3.8) is 0 Å². The minimum Gasteiger partial charge on any atom is -0.493 e. The molecule has 4 aromatic rings. The quantitative estimate of drug-likeness (QED) is 0.380. The zero-order chi connectivity index (χ0) is 28.1. The van der Waals surface area contributed by atoms with E-state index >= 15 is 0 Å². The highest BCUT2D eigenvalue weighted by Crippen LogP contribution is 2.41. The predicted molar refractivity (Wildman–Crippen MR) is 136 cm³/mol. The van der Waals surface area contributed by atoms with Crippen molar-refractivity contribution in [3.05, 3.63) is 116 Å². The molecule has 206 valence electrons. The molecule has 1 amide bonds. The summed E-state index contributed by atoms with van der Waals surface area (Å²) in [4.78, 5) is 39.7. The van der Waals surface area contributed by atoms with Crippen LogP contribution in [-0.2, 0) is 6.61 Å². The topological polar surface area (TPSA) is 107 Å². The predicted octanol–water partition coefficient (Wildman–Crippen LogP) is 3.48. The molecule has 2 atom stereocenters. The SMILES string of the molecule is Cc1oc(=O)oc1COc1c2n(ccc1=O)N1[C@H](c3ccccc3)c3cc(F)c(F)cc3OCC[C@H]1N(C)C2=O. The normalized spacial score (nSPS) is 18.2. The Balaban J connectivity index is 1.56. The lowest BCUT2D eigenvalue weighted by Gasteiger charge is -2.50. The van der Waals surface area contributed by atoms with Crippen LogP contribution in [0, 0.1) is 18.6 Å². The highest BCUT2D eigenvalue weighted by atomic mass is 19.2. The zero-order valence-corrected chi connectivity index (χ0v) is 21.4. The second kappa shape index (κ2) is 9.70. The van der Waals surface area contributed by atoms with Crippen LogP contribution < -0.4 is 25.7 Å². The highest BCUT2D eigenvalue weighted by Gasteiger charge is 2.43. The van der Waals surface area contributed by atoms with Crippen LogP contribution >= 0.6 is 0 Å². The van der Waals surface area contributed by atoms with E-state index in [9.17, 15) is 23.2 Å². The number of carbonyl (C=O) groups is 1. The van der Waals surface area contributed by atoms with Gasteiger partial charge in [0.2, 0.25) is 5.43 Å². The second-order valence-corrected chi connectivity index (χ2v) is 9.46. The van der Waals surface area contributed by atoms with Crippen molar-refractivity contribution in [2.24, 2.45) is 0 Å². The average Bonchev–Trinajstić information content (AvgIpc) is 3.26. The lowest BCUT2D eigenvalue weighted by molar-refractivity contribution is 0.0569. The summed E-state index contributed by atoms with van der Waals surface area (Å²) >= 11 is 0. The number of rotatable bonds is 4. The first-order valence-corrected chi connectivity index (χ1v) is 12.4. The van der Waals surface area contributed by atoms with E-state index in [4.69, 9.17) is 18.3 Å². The van der Waals surface area contributed by atoms with Crippen molar-refractivity contribution in [1.82, 2.24) is 9.58 Å². The number of halogens is 2. The molecule has 0 fully saturated rings. The van der Waals surface area contributed by atoms with Crippen LogP contribution in [0.15, 0.2) is 73.2 Å². The molecule has 0 aliphatic carbocycles. The fourth-order valence-electron chi connectivity index (χ4n) is 5.19. The van der Waals surface area contributed by atoms with Crippen LogP contribution in [-0.4, -0.2) is 35.3 Å². The van der Waals surface area contributed by atoms with E-state index < -0.39 is 41.0 Å². The molecule has 0 bridgehead atoms. The Bertz CT molecular complexity index is 1730. The van der Waals surface area contributed by atoms with E-state index in [1.807, 2.05) is 35.3 Å². The largest absolute Gasteiger partial charge is 0.519 e. The van der Waals surface area contributed by atoms with Crippen LogP contribution in [0.25, 0.3) is 0 Å². The Morgan fingerprint density at radius 1 is 1.02 bits per heavy atom. The van der Waals surface area contributed by atoms with Gasteiger partial charge >= 0.3 is 5.82 Å². The summed E-state index contributed by atoms with van der Waals surface area (Å²) in [5.74, 6) is -3.38. The minimum absolute atomic E-state index is 0.0680. The summed E-state index contributed by atoms with van der Waals surface area (Å²) in [5.41, 5.74) is 0.382. The number of fused-ring (bicyclic) bond motifs is 4. The summed E-state index contributed by atoms with van der Waals surface area (Å²) in [5, 5.41) is 1.82. The van der Waals surface area contributed by atoms with Gasteiger partial charge in [0.15, 0.2) is 34.6 Å². The molecular formula is C28H23F2N3O7. The Morgan fingerprint density at radius 3 is 2.50 bits per heavy atom. The molecule has 2 aromatic heterocycles. The van der Waals surface area contributed by atoms with E-state index in [-0.39, 0.29) is 41.9 Å². The van der Waals surface area contributed by atoms with E-state index in [2.05, 4.69) is 0 Å². The molecule has 4 heterocycles. The number of ether oxygens (including phenoxy) is 2. The summed E-state index contributed by atoms with van der Waals surface area (Å²) in [7, 11) is 1.58. The van der Waals surface area contributed by atoms with E-state index in [1.165, 1.54) is 28.8 Å². The maximum absolute atomic E-state index is 14.7. The first-order valence-electron chi connectivity index (χ1n) is 12.4. The first-order chi connectivity index (χ1) is 19.2. The van der Waals surface area contributed by atoms with Gasteiger partial charge in [-0.15, -0.1) is 0 Å². The average molecular weight is 552 g/mol. The lowest BCUT2D eigenvalue weighted by atomic mass is 9.95. The molecule has 2 aliphatic heterocycles. The van der Waals surface area contributed by atoms with Crippen LogP contribution in [0.1, 0.15) is 45.6 Å². The maximum atomic E-state index is 14.7. The van der Waals surface area contributed by atoms with Gasteiger partial charge in [0.25, 0.3) is 5.91 Å². The molecular weight excluding hydrogens is 528 g/mol. The first kappa shape index (κ1) is 25.4. The molecule has 6 rings (SSSR count). The third kappa shape index (κ3) is 4.12. The molecule has 0 radical (unpaired) electrons. The Kier molecular flexibility index (Phi) is 6.16. The molecule has 0 unspecified atom stereocenters. The van der Waals surface area contributed by atoms with Crippen molar-refractivity contribution in [2.75, 3.05) is 18.7 Å². The summed E-state index contributed by atoms with van der Waals surface area (Å²) in [6, 6.07) is 11.7.